The molecule has 1 nitrogen and oxygen atoms in total. The van der Waals surface area contributed by atoms with Crippen LogP contribution < -0.4 is 4.74 Å². The highest BCUT2D eigenvalue weighted by atomic mass is 16.5. The fraction of sp³-hybridized carbons (Fsp3) is 0.529. The van der Waals surface area contributed by atoms with Gasteiger partial charge in [0.2, 0.25) is 0 Å². The van der Waals surface area contributed by atoms with Gasteiger partial charge in [-0.05, 0) is 30.0 Å². The van der Waals surface area contributed by atoms with E-state index >= 15 is 0 Å². The Morgan fingerprint density at radius 2 is 1.89 bits per heavy atom. The zero-order valence-electron chi connectivity index (χ0n) is 11.6. The summed E-state index contributed by atoms with van der Waals surface area (Å²) in [6.45, 7) is 5.19. The van der Waals surface area contributed by atoms with Gasteiger partial charge in [-0.2, -0.15) is 0 Å². The van der Waals surface area contributed by atoms with Crippen molar-refractivity contribution in [3.8, 4) is 18.1 Å². The van der Waals surface area contributed by atoms with Gasteiger partial charge in [-0.3, -0.25) is 0 Å². The number of ether oxygens (including phenoxy) is 1. The van der Waals surface area contributed by atoms with E-state index in [4.69, 9.17) is 11.2 Å². The third-order valence-corrected chi connectivity index (χ3v) is 3.14. The average Bonchev–Trinajstić information content (AvgIpc) is 2.39. The number of unbranched alkanes of at least 4 members (excludes halogenated alkanes) is 3. The molecule has 1 aromatic rings. The van der Waals surface area contributed by atoms with Gasteiger partial charge in [0, 0.05) is 6.42 Å². The summed E-state index contributed by atoms with van der Waals surface area (Å²) in [5, 5.41) is 0. The molecule has 1 atom stereocenters. The minimum atomic E-state index is 0.425. The number of hydrogen-bond donors (Lipinski definition) is 0. The van der Waals surface area contributed by atoms with Gasteiger partial charge in [0.15, 0.2) is 0 Å². The largest absolute Gasteiger partial charge is 0.494 e. The summed E-state index contributed by atoms with van der Waals surface area (Å²) in [6, 6.07) is 8.32. The second-order valence-electron chi connectivity index (χ2n) is 4.79. The van der Waals surface area contributed by atoms with Gasteiger partial charge in [-0.25, -0.2) is 0 Å². The molecule has 0 radical (unpaired) electrons. The van der Waals surface area contributed by atoms with Crippen molar-refractivity contribution in [2.75, 3.05) is 6.61 Å². The predicted octanol–water partition coefficient (Wildman–Crippen LogP) is 4.77. The van der Waals surface area contributed by atoms with Crippen LogP contribution in [0.5, 0.6) is 5.75 Å². The first-order chi connectivity index (χ1) is 8.77. The van der Waals surface area contributed by atoms with E-state index in [1.807, 2.05) is 12.1 Å². The van der Waals surface area contributed by atoms with E-state index < -0.39 is 0 Å². The average molecular weight is 244 g/mol. The van der Waals surface area contributed by atoms with Crippen LogP contribution in [0.4, 0.5) is 0 Å². The molecule has 0 N–H and O–H groups in total. The molecule has 0 saturated carbocycles. The summed E-state index contributed by atoms with van der Waals surface area (Å²) in [7, 11) is 0. The lowest BCUT2D eigenvalue weighted by Gasteiger charge is -2.10. The quantitative estimate of drug-likeness (QED) is 0.472. The topological polar surface area (TPSA) is 9.23 Å². The van der Waals surface area contributed by atoms with Crippen LogP contribution in [0, 0.1) is 12.3 Å². The van der Waals surface area contributed by atoms with Crippen molar-refractivity contribution in [3.63, 3.8) is 0 Å². The van der Waals surface area contributed by atoms with Gasteiger partial charge >= 0.3 is 0 Å². The monoisotopic (exact) mass is 244 g/mol. The van der Waals surface area contributed by atoms with Gasteiger partial charge in [0.05, 0.1) is 6.61 Å². The van der Waals surface area contributed by atoms with Crippen molar-refractivity contribution >= 4 is 0 Å². The molecule has 0 aromatic heterocycles. The molecule has 0 fully saturated rings. The second-order valence-corrected chi connectivity index (χ2v) is 4.79. The Morgan fingerprint density at radius 1 is 1.17 bits per heavy atom. The third kappa shape index (κ3) is 5.27. The Hall–Kier alpha value is -1.42. The molecule has 18 heavy (non-hydrogen) atoms. The summed E-state index contributed by atoms with van der Waals surface area (Å²) in [5.41, 5.74) is 1.28. The zero-order valence-corrected chi connectivity index (χ0v) is 11.6. The Kier molecular flexibility index (Phi) is 7.03. The zero-order chi connectivity index (χ0) is 13.2. The fourth-order valence-corrected chi connectivity index (χ4v) is 1.91. The van der Waals surface area contributed by atoms with Crippen LogP contribution in [-0.2, 0) is 0 Å². The molecule has 98 valence electrons. The van der Waals surface area contributed by atoms with E-state index in [2.05, 4.69) is 31.9 Å². The first-order valence-corrected chi connectivity index (χ1v) is 6.94. The molecule has 0 amide bonds. The minimum absolute atomic E-state index is 0.425. The number of hydrogen-bond acceptors (Lipinski definition) is 1. The highest BCUT2D eigenvalue weighted by molar-refractivity contribution is 5.29. The normalized spacial score (nSPS) is 11.8. The van der Waals surface area contributed by atoms with Crippen LogP contribution >= 0.6 is 0 Å². The lowest BCUT2D eigenvalue weighted by atomic mass is 9.98. The minimum Gasteiger partial charge on any atom is -0.494 e. The van der Waals surface area contributed by atoms with E-state index in [-0.39, 0.29) is 0 Å². The molecular weight excluding hydrogens is 220 g/mol. The molecule has 1 unspecified atom stereocenters. The van der Waals surface area contributed by atoms with Gasteiger partial charge in [0.1, 0.15) is 5.75 Å². The molecule has 0 bridgehead atoms. The molecule has 0 heterocycles. The van der Waals surface area contributed by atoms with Crippen LogP contribution in [0.15, 0.2) is 24.3 Å². The van der Waals surface area contributed by atoms with Crippen LogP contribution in [0.1, 0.15) is 57.4 Å². The molecule has 0 aliphatic carbocycles. The Morgan fingerprint density at radius 3 is 2.50 bits per heavy atom. The fourth-order valence-electron chi connectivity index (χ4n) is 1.91. The number of terminal acetylenes is 1. The van der Waals surface area contributed by atoms with E-state index in [9.17, 15) is 0 Å². The SMILES string of the molecule is C#CCC(C)c1ccc(OCCCCCC)cc1. The van der Waals surface area contributed by atoms with E-state index in [0.29, 0.717) is 5.92 Å². The van der Waals surface area contributed by atoms with Gasteiger partial charge in [-0.15, -0.1) is 12.3 Å². The third-order valence-electron chi connectivity index (χ3n) is 3.14. The summed E-state index contributed by atoms with van der Waals surface area (Å²) in [5.74, 6) is 4.09. The van der Waals surface area contributed by atoms with Crippen LogP contribution in [0.3, 0.4) is 0 Å². The highest BCUT2D eigenvalue weighted by Crippen LogP contribution is 2.21. The highest BCUT2D eigenvalue weighted by Gasteiger charge is 2.03. The lowest BCUT2D eigenvalue weighted by molar-refractivity contribution is 0.305. The molecule has 1 aromatic carbocycles. The lowest BCUT2D eigenvalue weighted by Crippen LogP contribution is -1.98. The molecule has 1 heteroatoms. The number of rotatable bonds is 8. The Balaban J connectivity index is 2.34. The summed E-state index contributed by atoms with van der Waals surface area (Å²) >= 11 is 0. The first kappa shape index (κ1) is 14.6. The Bertz CT molecular complexity index is 358. The van der Waals surface area contributed by atoms with Gasteiger partial charge < -0.3 is 4.74 Å². The smallest absolute Gasteiger partial charge is 0.119 e. The van der Waals surface area contributed by atoms with Crippen molar-refractivity contribution in [2.45, 2.75) is 51.9 Å². The van der Waals surface area contributed by atoms with Gasteiger partial charge in [0.25, 0.3) is 0 Å². The van der Waals surface area contributed by atoms with E-state index in [0.717, 1.165) is 25.2 Å². The van der Waals surface area contributed by atoms with Crippen LogP contribution in [-0.4, -0.2) is 6.61 Å². The molecule has 1 rings (SSSR count). The second kappa shape index (κ2) is 8.64. The first-order valence-electron chi connectivity index (χ1n) is 6.94. The predicted molar refractivity (Wildman–Crippen MR) is 77.9 cm³/mol. The van der Waals surface area contributed by atoms with Gasteiger partial charge in [-0.1, -0.05) is 45.2 Å². The maximum atomic E-state index is 5.71. The van der Waals surface area contributed by atoms with E-state index in [1.54, 1.807) is 0 Å². The maximum Gasteiger partial charge on any atom is 0.119 e. The van der Waals surface area contributed by atoms with Crippen molar-refractivity contribution < 1.29 is 4.74 Å². The summed E-state index contributed by atoms with van der Waals surface area (Å²) in [4.78, 5) is 0. The molecule has 0 saturated heterocycles. The van der Waals surface area contributed by atoms with E-state index in [1.165, 1.54) is 24.8 Å². The number of benzene rings is 1. The van der Waals surface area contributed by atoms with Crippen molar-refractivity contribution in [1.82, 2.24) is 0 Å². The molecule has 0 spiro atoms. The van der Waals surface area contributed by atoms with Crippen LogP contribution in [0.2, 0.25) is 0 Å². The van der Waals surface area contributed by atoms with Crippen molar-refractivity contribution in [2.24, 2.45) is 0 Å². The van der Waals surface area contributed by atoms with Crippen LogP contribution in [0.25, 0.3) is 0 Å². The molecular formula is C17H24O. The standard InChI is InChI=1S/C17H24O/c1-4-6-7-8-14-18-17-12-10-16(11-13-17)15(3)9-5-2/h2,10-13,15H,4,6-9,14H2,1,3H3. The van der Waals surface area contributed by atoms with Crippen molar-refractivity contribution in [1.29, 1.82) is 0 Å². The summed E-state index contributed by atoms with van der Waals surface area (Å²) in [6.07, 6.45) is 11.1. The van der Waals surface area contributed by atoms with Crippen molar-refractivity contribution in [3.05, 3.63) is 29.8 Å². The molecule has 0 aliphatic heterocycles. The molecule has 0 aliphatic rings. The summed E-state index contributed by atoms with van der Waals surface area (Å²) < 4.78 is 5.71. The Labute approximate surface area is 112 Å². The maximum absolute atomic E-state index is 5.71.